The Morgan fingerprint density at radius 3 is 2.52 bits per heavy atom. The summed E-state index contributed by atoms with van der Waals surface area (Å²) in [5, 5.41) is 3.40. The molecular formula is C16H20N2O3. The van der Waals surface area contributed by atoms with Crippen LogP contribution in [0.2, 0.25) is 0 Å². The molecule has 0 radical (unpaired) electrons. The predicted molar refractivity (Wildman–Crippen MR) is 80.4 cm³/mol. The Hall–Kier alpha value is -2.27. The molecule has 0 aliphatic carbocycles. The van der Waals surface area contributed by atoms with Gasteiger partial charge >= 0.3 is 5.97 Å². The number of hydrogen-bond donors (Lipinski definition) is 2. The zero-order chi connectivity index (χ0) is 15.2. The Balaban J connectivity index is 1.92. The van der Waals surface area contributed by atoms with Crippen molar-refractivity contribution in [3.63, 3.8) is 0 Å². The lowest BCUT2D eigenvalue weighted by molar-refractivity contribution is 0.0594. The van der Waals surface area contributed by atoms with Crippen molar-refractivity contribution in [2.75, 3.05) is 14.2 Å². The van der Waals surface area contributed by atoms with E-state index in [1.54, 1.807) is 13.2 Å². The molecule has 0 fully saturated rings. The standard InChI is InChI=1S/C16H20N2O3/c1-11(12-4-7-14(20-2)8-5-12)17-10-13-6-9-15(18-13)16(19)21-3/h4-9,11,17-18H,10H2,1-3H3/t11-/m1/s1. The topological polar surface area (TPSA) is 63.4 Å². The first-order chi connectivity index (χ1) is 10.1. The first-order valence-corrected chi connectivity index (χ1v) is 6.77. The summed E-state index contributed by atoms with van der Waals surface area (Å²) < 4.78 is 9.81. The van der Waals surface area contributed by atoms with Gasteiger partial charge in [-0.1, -0.05) is 12.1 Å². The van der Waals surface area contributed by atoms with Gasteiger partial charge in [0, 0.05) is 18.3 Å². The van der Waals surface area contributed by atoms with Crippen LogP contribution in [0.4, 0.5) is 0 Å². The highest BCUT2D eigenvalue weighted by Crippen LogP contribution is 2.17. The van der Waals surface area contributed by atoms with Crippen LogP contribution in [0, 0.1) is 0 Å². The highest BCUT2D eigenvalue weighted by atomic mass is 16.5. The van der Waals surface area contributed by atoms with Crippen molar-refractivity contribution in [3.05, 3.63) is 53.3 Å². The summed E-state index contributed by atoms with van der Waals surface area (Å²) in [7, 11) is 3.02. The lowest BCUT2D eigenvalue weighted by Gasteiger charge is -2.14. The van der Waals surface area contributed by atoms with E-state index in [0.717, 1.165) is 11.4 Å². The molecule has 0 aliphatic heterocycles. The van der Waals surface area contributed by atoms with Crippen molar-refractivity contribution in [1.82, 2.24) is 10.3 Å². The van der Waals surface area contributed by atoms with Crippen LogP contribution in [-0.4, -0.2) is 25.2 Å². The second-order valence-corrected chi connectivity index (χ2v) is 4.76. The maximum absolute atomic E-state index is 11.4. The molecule has 1 atom stereocenters. The number of rotatable bonds is 6. The van der Waals surface area contributed by atoms with Gasteiger partial charge in [-0.3, -0.25) is 0 Å². The SMILES string of the molecule is COC(=O)c1ccc(CN[C@H](C)c2ccc(OC)cc2)[nH]1. The van der Waals surface area contributed by atoms with Gasteiger partial charge in [-0.05, 0) is 36.8 Å². The third-order valence-corrected chi connectivity index (χ3v) is 3.37. The van der Waals surface area contributed by atoms with E-state index in [1.807, 2.05) is 30.3 Å². The average Bonchev–Trinajstić information content (AvgIpc) is 3.01. The van der Waals surface area contributed by atoms with Gasteiger partial charge < -0.3 is 19.8 Å². The summed E-state index contributed by atoms with van der Waals surface area (Å²) in [5.41, 5.74) is 2.58. The van der Waals surface area contributed by atoms with E-state index in [2.05, 4.69) is 22.0 Å². The van der Waals surface area contributed by atoms with Crippen LogP contribution >= 0.6 is 0 Å². The van der Waals surface area contributed by atoms with Crippen LogP contribution < -0.4 is 10.1 Å². The van der Waals surface area contributed by atoms with Gasteiger partial charge in [-0.2, -0.15) is 0 Å². The number of ether oxygens (including phenoxy) is 2. The van der Waals surface area contributed by atoms with Crippen LogP contribution in [-0.2, 0) is 11.3 Å². The molecule has 1 aromatic heterocycles. The molecule has 112 valence electrons. The Kier molecular flexibility index (Phi) is 5.00. The fourth-order valence-corrected chi connectivity index (χ4v) is 2.05. The smallest absolute Gasteiger partial charge is 0.354 e. The Bertz CT molecular complexity index is 590. The predicted octanol–water partition coefficient (Wildman–Crippen LogP) is 2.66. The highest BCUT2D eigenvalue weighted by molar-refractivity contribution is 5.87. The van der Waals surface area contributed by atoms with Gasteiger partial charge in [0.15, 0.2) is 0 Å². The monoisotopic (exact) mass is 288 g/mol. The van der Waals surface area contributed by atoms with E-state index in [1.165, 1.54) is 12.7 Å². The molecule has 0 aliphatic rings. The second kappa shape index (κ2) is 6.95. The van der Waals surface area contributed by atoms with Gasteiger partial charge in [0.2, 0.25) is 0 Å². The number of methoxy groups -OCH3 is 2. The van der Waals surface area contributed by atoms with Gasteiger partial charge in [0.25, 0.3) is 0 Å². The molecule has 2 aromatic rings. The summed E-state index contributed by atoms with van der Waals surface area (Å²) >= 11 is 0. The van der Waals surface area contributed by atoms with E-state index in [4.69, 9.17) is 4.74 Å². The van der Waals surface area contributed by atoms with Crippen molar-refractivity contribution in [1.29, 1.82) is 0 Å². The maximum Gasteiger partial charge on any atom is 0.354 e. The fourth-order valence-electron chi connectivity index (χ4n) is 2.05. The molecule has 1 aromatic carbocycles. The molecule has 0 bridgehead atoms. The third-order valence-electron chi connectivity index (χ3n) is 3.37. The van der Waals surface area contributed by atoms with Crippen molar-refractivity contribution in [2.24, 2.45) is 0 Å². The highest BCUT2D eigenvalue weighted by Gasteiger charge is 2.09. The molecule has 0 unspecified atom stereocenters. The van der Waals surface area contributed by atoms with Crippen molar-refractivity contribution >= 4 is 5.97 Å². The van der Waals surface area contributed by atoms with Crippen molar-refractivity contribution in [2.45, 2.75) is 19.5 Å². The lowest BCUT2D eigenvalue weighted by atomic mass is 10.1. The number of aromatic amines is 1. The largest absolute Gasteiger partial charge is 0.497 e. The number of benzene rings is 1. The van der Waals surface area contributed by atoms with Crippen LogP contribution in [0.25, 0.3) is 0 Å². The van der Waals surface area contributed by atoms with Gasteiger partial charge in [0.05, 0.1) is 14.2 Å². The van der Waals surface area contributed by atoms with Crippen LogP contribution in [0.3, 0.4) is 0 Å². The minimum Gasteiger partial charge on any atom is -0.497 e. The molecule has 5 nitrogen and oxygen atoms in total. The number of H-pyrrole nitrogens is 1. The first kappa shape index (κ1) is 15.1. The first-order valence-electron chi connectivity index (χ1n) is 6.77. The Morgan fingerprint density at radius 2 is 1.90 bits per heavy atom. The summed E-state index contributed by atoms with van der Waals surface area (Å²) in [6, 6.07) is 11.7. The second-order valence-electron chi connectivity index (χ2n) is 4.76. The third kappa shape index (κ3) is 3.86. The minimum atomic E-state index is -0.357. The Labute approximate surface area is 124 Å². The molecule has 0 amide bonds. The van der Waals surface area contributed by atoms with E-state index < -0.39 is 0 Å². The molecule has 21 heavy (non-hydrogen) atoms. The molecule has 0 spiro atoms. The summed E-state index contributed by atoms with van der Waals surface area (Å²) in [6.07, 6.45) is 0. The summed E-state index contributed by atoms with van der Waals surface area (Å²) in [6.45, 7) is 2.73. The molecular weight excluding hydrogens is 268 g/mol. The average molecular weight is 288 g/mol. The molecule has 2 N–H and O–H groups in total. The molecule has 2 rings (SSSR count). The Morgan fingerprint density at radius 1 is 1.19 bits per heavy atom. The number of nitrogens with one attached hydrogen (secondary N) is 2. The van der Waals surface area contributed by atoms with E-state index >= 15 is 0 Å². The van der Waals surface area contributed by atoms with E-state index in [9.17, 15) is 4.79 Å². The minimum absolute atomic E-state index is 0.195. The summed E-state index contributed by atoms with van der Waals surface area (Å²) in [4.78, 5) is 14.4. The van der Waals surface area contributed by atoms with Crippen LogP contribution in [0.5, 0.6) is 5.75 Å². The number of hydrogen-bond acceptors (Lipinski definition) is 4. The van der Waals surface area contributed by atoms with E-state index in [0.29, 0.717) is 12.2 Å². The van der Waals surface area contributed by atoms with Gasteiger partial charge in [-0.25, -0.2) is 4.79 Å². The molecule has 0 saturated carbocycles. The quantitative estimate of drug-likeness (QED) is 0.802. The van der Waals surface area contributed by atoms with Crippen LogP contribution in [0.1, 0.15) is 34.7 Å². The fraction of sp³-hybridized carbons (Fsp3) is 0.312. The van der Waals surface area contributed by atoms with Crippen molar-refractivity contribution in [3.8, 4) is 5.75 Å². The number of aromatic nitrogens is 1. The summed E-state index contributed by atoms with van der Waals surface area (Å²) in [5.74, 6) is 0.488. The van der Waals surface area contributed by atoms with E-state index in [-0.39, 0.29) is 12.0 Å². The zero-order valence-corrected chi connectivity index (χ0v) is 12.5. The van der Waals surface area contributed by atoms with Gasteiger partial charge in [-0.15, -0.1) is 0 Å². The maximum atomic E-state index is 11.4. The zero-order valence-electron chi connectivity index (χ0n) is 12.5. The number of carbonyl (C=O) groups excluding carboxylic acids is 1. The van der Waals surface area contributed by atoms with Gasteiger partial charge in [0.1, 0.15) is 11.4 Å². The molecule has 0 saturated heterocycles. The lowest BCUT2D eigenvalue weighted by Crippen LogP contribution is -2.18. The molecule has 1 heterocycles. The number of esters is 1. The molecule has 5 heteroatoms. The normalized spacial score (nSPS) is 12.0. The number of carbonyl (C=O) groups is 1. The van der Waals surface area contributed by atoms with Crippen molar-refractivity contribution < 1.29 is 14.3 Å². The van der Waals surface area contributed by atoms with Crippen LogP contribution in [0.15, 0.2) is 36.4 Å².